The zero-order valence-corrected chi connectivity index (χ0v) is 9.01. The number of hydrogen-bond acceptors (Lipinski definition) is 3. The second kappa shape index (κ2) is 5.38. The molecule has 0 aromatic heterocycles. The zero-order valence-electron chi connectivity index (χ0n) is 9.01. The van der Waals surface area contributed by atoms with Gasteiger partial charge in [0.05, 0.1) is 0 Å². The fourth-order valence-electron chi connectivity index (χ4n) is 1.59. The maximum Gasteiger partial charge on any atom is 0.422 e. The smallest absolute Gasteiger partial charge is 0.422 e. The summed E-state index contributed by atoms with van der Waals surface area (Å²) in [5.74, 6) is 0. The van der Waals surface area contributed by atoms with Gasteiger partial charge in [-0.15, -0.1) is 0 Å². The molecule has 1 N–H and O–H groups in total. The van der Waals surface area contributed by atoms with Crippen molar-refractivity contribution in [3.05, 3.63) is 0 Å². The number of carbonyl (C=O) groups excluding carboxylic acids is 1. The van der Waals surface area contributed by atoms with Crippen LogP contribution >= 0.6 is 0 Å². The summed E-state index contributed by atoms with van der Waals surface area (Å²) >= 11 is 0. The van der Waals surface area contributed by atoms with Gasteiger partial charge in [-0.1, -0.05) is 0 Å². The third-order valence-corrected chi connectivity index (χ3v) is 2.50. The second-order valence-corrected chi connectivity index (χ2v) is 3.76. The number of carbonyl (C=O) groups is 1. The highest BCUT2D eigenvalue weighted by Crippen LogP contribution is 2.16. The Kier molecular flexibility index (Phi) is 4.40. The number of ether oxygens (including phenoxy) is 1. The lowest BCUT2D eigenvalue weighted by Gasteiger charge is -2.30. The first kappa shape index (κ1) is 13.1. The molecule has 1 rings (SSSR count). The average molecular weight is 240 g/mol. The zero-order chi connectivity index (χ0) is 12.2. The van der Waals surface area contributed by atoms with Crippen molar-refractivity contribution in [2.45, 2.75) is 25.1 Å². The summed E-state index contributed by atoms with van der Waals surface area (Å²) in [7, 11) is 1.47. The Bertz CT molecular complexity index is 239. The van der Waals surface area contributed by atoms with Crippen LogP contribution < -0.4 is 5.32 Å². The number of rotatable bonds is 2. The summed E-state index contributed by atoms with van der Waals surface area (Å²) in [5, 5.41) is 3.11. The number of nitrogens with one attached hydrogen (secondary N) is 1. The summed E-state index contributed by atoms with van der Waals surface area (Å²) in [6.45, 7) is 0.00422. The van der Waals surface area contributed by atoms with Crippen LogP contribution in [0, 0.1) is 0 Å². The average Bonchev–Trinajstić information content (AvgIpc) is 2.25. The Morgan fingerprint density at radius 1 is 1.44 bits per heavy atom. The van der Waals surface area contributed by atoms with Crippen LogP contribution in [0.2, 0.25) is 0 Å². The molecule has 0 aromatic rings. The molecule has 0 saturated carbocycles. The molecule has 0 radical (unpaired) electrons. The number of hydrogen-bond donors (Lipinski definition) is 1. The Hall–Kier alpha value is -0.980. The maximum atomic E-state index is 11.8. The topological polar surface area (TPSA) is 41.6 Å². The minimum atomic E-state index is -4.47. The summed E-state index contributed by atoms with van der Waals surface area (Å²) in [6.07, 6.45) is -3.91. The van der Waals surface area contributed by atoms with E-state index < -0.39 is 18.9 Å². The van der Waals surface area contributed by atoms with E-state index >= 15 is 0 Å². The number of nitrogens with zero attached hydrogens (tertiary/aromatic N) is 1. The van der Waals surface area contributed by atoms with E-state index in [9.17, 15) is 18.0 Å². The summed E-state index contributed by atoms with van der Waals surface area (Å²) in [6, 6.07) is -0.0398. The highest BCUT2D eigenvalue weighted by molar-refractivity contribution is 5.67. The standard InChI is InChI=1S/C9H15F3N2O2/c1-14(7-2-4-13-5-3-7)8(15)16-6-9(10,11)12/h7,13H,2-6H2,1H3. The summed E-state index contributed by atoms with van der Waals surface area (Å²) in [4.78, 5) is 12.5. The molecular weight excluding hydrogens is 225 g/mol. The van der Waals surface area contributed by atoms with Crippen molar-refractivity contribution >= 4 is 6.09 Å². The Morgan fingerprint density at radius 2 is 2.00 bits per heavy atom. The summed E-state index contributed by atoms with van der Waals surface area (Å²) < 4.78 is 39.6. The fraction of sp³-hybridized carbons (Fsp3) is 0.889. The van der Waals surface area contributed by atoms with Crippen molar-refractivity contribution in [1.29, 1.82) is 0 Å². The van der Waals surface area contributed by atoms with E-state index in [1.54, 1.807) is 0 Å². The lowest BCUT2D eigenvalue weighted by Crippen LogP contribution is -2.44. The first-order valence-electron chi connectivity index (χ1n) is 5.07. The lowest BCUT2D eigenvalue weighted by molar-refractivity contribution is -0.162. The van der Waals surface area contributed by atoms with Crippen molar-refractivity contribution in [2.24, 2.45) is 0 Å². The largest absolute Gasteiger partial charge is 0.440 e. The first-order valence-corrected chi connectivity index (χ1v) is 5.07. The van der Waals surface area contributed by atoms with Crippen molar-refractivity contribution in [3.63, 3.8) is 0 Å². The minimum Gasteiger partial charge on any atom is -0.440 e. The van der Waals surface area contributed by atoms with E-state index in [2.05, 4.69) is 10.1 Å². The van der Waals surface area contributed by atoms with Crippen LogP contribution in [0.1, 0.15) is 12.8 Å². The molecule has 0 unspecified atom stereocenters. The number of alkyl halides is 3. The van der Waals surface area contributed by atoms with Gasteiger partial charge in [0.25, 0.3) is 0 Å². The molecule has 0 aliphatic carbocycles. The van der Waals surface area contributed by atoms with Gasteiger partial charge in [-0.25, -0.2) is 4.79 Å². The normalized spacial score (nSPS) is 18.2. The molecule has 1 aliphatic heterocycles. The van der Waals surface area contributed by atoms with Crippen LogP contribution in [0.25, 0.3) is 0 Å². The van der Waals surface area contributed by atoms with Gasteiger partial charge in [-0.3, -0.25) is 0 Å². The minimum absolute atomic E-state index is 0.0398. The van der Waals surface area contributed by atoms with Crippen LogP contribution in [0.3, 0.4) is 0 Å². The molecule has 4 nitrogen and oxygen atoms in total. The molecule has 0 bridgehead atoms. The molecule has 1 fully saturated rings. The van der Waals surface area contributed by atoms with Crippen LogP contribution in [-0.4, -0.2) is 50.0 Å². The molecule has 94 valence electrons. The molecule has 1 amide bonds. The first-order chi connectivity index (χ1) is 7.40. The van der Waals surface area contributed by atoms with E-state index in [0.717, 1.165) is 25.9 Å². The number of piperidine rings is 1. The van der Waals surface area contributed by atoms with Crippen LogP contribution in [0.4, 0.5) is 18.0 Å². The number of halogens is 3. The molecule has 0 atom stereocenters. The monoisotopic (exact) mass is 240 g/mol. The Balaban J connectivity index is 2.34. The third kappa shape index (κ3) is 4.26. The van der Waals surface area contributed by atoms with Gasteiger partial charge in [0, 0.05) is 13.1 Å². The predicted octanol–water partition coefficient (Wildman–Crippen LogP) is 1.37. The molecule has 1 aliphatic rings. The van der Waals surface area contributed by atoms with Crippen molar-refractivity contribution in [3.8, 4) is 0 Å². The van der Waals surface area contributed by atoms with E-state index in [1.807, 2.05) is 0 Å². The van der Waals surface area contributed by atoms with Gasteiger partial charge in [0.2, 0.25) is 0 Å². The van der Waals surface area contributed by atoms with Crippen LogP contribution in [-0.2, 0) is 4.74 Å². The van der Waals surface area contributed by atoms with Gasteiger partial charge in [-0.05, 0) is 25.9 Å². The van der Waals surface area contributed by atoms with E-state index in [1.165, 1.54) is 11.9 Å². The maximum absolute atomic E-state index is 11.8. The third-order valence-electron chi connectivity index (χ3n) is 2.50. The number of amides is 1. The second-order valence-electron chi connectivity index (χ2n) is 3.76. The Morgan fingerprint density at radius 3 is 2.50 bits per heavy atom. The molecule has 16 heavy (non-hydrogen) atoms. The van der Waals surface area contributed by atoms with Crippen molar-refractivity contribution in [2.75, 3.05) is 26.7 Å². The molecule has 1 heterocycles. The highest BCUT2D eigenvalue weighted by atomic mass is 19.4. The van der Waals surface area contributed by atoms with E-state index in [4.69, 9.17) is 0 Å². The van der Waals surface area contributed by atoms with E-state index in [0.29, 0.717) is 0 Å². The van der Waals surface area contributed by atoms with Gasteiger partial charge in [0.15, 0.2) is 6.61 Å². The van der Waals surface area contributed by atoms with Crippen molar-refractivity contribution < 1.29 is 22.7 Å². The lowest BCUT2D eigenvalue weighted by atomic mass is 10.1. The van der Waals surface area contributed by atoms with Gasteiger partial charge >= 0.3 is 12.3 Å². The van der Waals surface area contributed by atoms with Crippen LogP contribution in [0.15, 0.2) is 0 Å². The van der Waals surface area contributed by atoms with Gasteiger partial charge in [0.1, 0.15) is 0 Å². The molecule has 0 spiro atoms. The van der Waals surface area contributed by atoms with Gasteiger partial charge in [-0.2, -0.15) is 13.2 Å². The SMILES string of the molecule is CN(C(=O)OCC(F)(F)F)C1CCNCC1. The fourth-order valence-corrected chi connectivity index (χ4v) is 1.59. The quantitative estimate of drug-likeness (QED) is 0.792. The summed E-state index contributed by atoms with van der Waals surface area (Å²) in [5.41, 5.74) is 0. The molecule has 1 saturated heterocycles. The van der Waals surface area contributed by atoms with Crippen molar-refractivity contribution in [1.82, 2.24) is 10.2 Å². The van der Waals surface area contributed by atoms with Crippen LogP contribution in [0.5, 0.6) is 0 Å². The predicted molar refractivity (Wildman–Crippen MR) is 51.1 cm³/mol. The van der Waals surface area contributed by atoms with E-state index in [-0.39, 0.29) is 6.04 Å². The highest BCUT2D eigenvalue weighted by Gasteiger charge is 2.31. The molecular formula is C9H15F3N2O2. The molecule has 7 heteroatoms. The Labute approximate surface area is 91.7 Å². The molecule has 0 aromatic carbocycles. The van der Waals surface area contributed by atoms with Gasteiger partial charge < -0.3 is 15.0 Å².